The molecule has 1 fully saturated rings. The Balaban J connectivity index is 2.02. The number of Topliss-reactive ketones (excluding diaryl/α,β-unsaturated/α-hetero) is 1. The van der Waals surface area contributed by atoms with Crippen molar-refractivity contribution in [3.05, 3.63) is 35.9 Å². The highest BCUT2D eigenvalue weighted by Crippen LogP contribution is 2.12. The number of hydrogen-bond acceptors (Lipinski definition) is 2. The van der Waals surface area contributed by atoms with Crippen LogP contribution in [0.4, 0.5) is 0 Å². The summed E-state index contributed by atoms with van der Waals surface area (Å²) in [5.41, 5.74) is 1.23. The average molecular weight is 189 g/mol. The molecule has 2 heteroatoms. The number of rotatable bonds is 2. The highest BCUT2D eigenvalue weighted by molar-refractivity contribution is 5.87. The first-order valence-corrected chi connectivity index (χ1v) is 5.08. The van der Waals surface area contributed by atoms with Crippen molar-refractivity contribution in [2.45, 2.75) is 31.8 Å². The quantitative estimate of drug-likeness (QED) is 0.764. The standard InChI is InChI=1S/C12H15NO/c1-9-7-12(14)11(13-9)8-10-5-3-2-4-6-10/h2-6,9,11,13H,7-8H2,1H3/t9?,11-/m0/s1. The second-order valence-electron chi connectivity index (χ2n) is 3.98. The topological polar surface area (TPSA) is 29.1 Å². The zero-order chi connectivity index (χ0) is 9.97. The summed E-state index contributed by atoms with van der Waals surface area (Å²) in [5.74, 6) is 0.348. The maximum absolute atomic E-state index is 11.5. The van der Waals surface area contributed by atoms with Crippen LogP contribution in [0.15, 0.2) is 30.3 Å². The van der Waals surface area contributed by atoms with Gasteiger partial charge in [-0.25, -0.2) is 0 Å². The summed E-state index contributed by atoms with van der Waals surface area (Å²) in [6, 6.07) is 10.5. The fourth-order valence-electron chi connectivity index (χ4n) is 1.96. The fourth-order valence-corrected chi connectivity index (χ4v) is 1.96. The van der Waals surface area contributed by atoms with E-state index in [2.05, 4.69) is 24.4 Å². The van der Waals surface area contributed by atoms with Gasteiger partial charge in [-0.05, 0) is 18.9 Å². The SMILES string of the molecule is CC1CC(=O)[C@H](Cc2ccccc2)N1. The van der Waals surface area contributed by atoms with Crippen LogP contribution in [0.2, 0.25) is 0 Å². The molecule has 1 aliphatic rings. The lowest BCUT2D eigenvalue weighted by Gasteiger charge is -2.09. The Kier molecular flexibility index (Phi) is 2.64. The van der Waals surface area contributed by atoms with E-state index in [0.29, 0.717) is 18.2 Å². The molecule has 0 aliphatic carbocycles. The average Bonchev–Trinajstić information content (AvgIpc) is 2.47. The van der Waals surface area contributed by atoms with E-state index in [9.17, 15) is 4.79 Å². The number of ketones is 1. The Hall–Kier alpha value is -1.15. The Morgan fingerprint density at radius 3 is 2.64 bits per heavy atom. The molecule has 1 unspecified atom stereocenters. The van der Waals surface area contributed by atoms with Crippen LogP contribution in [-0.2, 0) is 11.2 Å². The molecule has 0 spiro atoms. The minimum Gasteiger partial charge on any atom is -0.304 e. The zero-order valence-electron chi connectivity index (χ0n) is 8.36. The van der Waals surface area contributed by atoms with Gasteiger partial charge in [0, 0.05) is 12.5 Å². The molecule has 0 bridgehead atoms. The molecule has 0 saturated carbocycles. The van der Waals surface area contributed by atoms with Crippen LogP contribution < -0.4 is 5.32 Å². The van der Waals surface area contributed by atoms with Gasteiger partial charge in [0.2, 0.25) is 0 Å². The Labute approximate surface area is 84.3 Å². The summed E-state index contributed by atoms with van der Waals surface area (Å²) < 4.78 is 0. The van der Waals surface area contributed by atoms with Gasteiger partial charge in [-0.1, -0.05) is 30.3 Å². The minimum atomic E-state index is 0.0346. The van der Waals surface area contributed by atoms with Crippen LogP contribution in [0, 0.1) is 0 Å². The molecule has 1 heterocycles. The van der Waals surface area contributed by atoms with Crippen molar-refractivity contribution in [3.63, 3.8) is 0 Å². The number of carbonyl (C=O) groups excluding carboxylic acids is 1. The van der Waals surface area contributed by atoms with Crippen LogP contribution >= 0.6 is 0 Å². The van der Waals surface area contributed by atoms with Crippen molar-refractivity contribution in [1.29, 1.82) is 0 Å². The third-order valence-electron chi connectivity index (χ3n) is 2.66. The monoisotopic (exact) mass is 189 g/mol. The van der Waals surface area contributed by atoms with Gasteiger partial charge in [0.15, 0.2) is 5.78 Å². The first kappa shape index (κ1) is 9.41. The highest BCUT2D eigenvalue weighted by Gasteiger charge is 2.28. The zero-order valence-corrected chi connectivity index (χ0v) is 8.36. The number of hydrogen-bond donors (Lipinski definition) is 1. The van der Waals surface area contributed by atoms with Gasteiger partial charge in [-0.15, -0.1) is 0 Å². The van der Waals surface area contributed by atoms with Gasteiger partial charge in [-0.3, -0.25) is 4.79 Å². The van der Waals surface area contributed by atoms with E-state index >= 15 is 0 Å². The molecule has 0 amide bonds. The third kappa shape index (κ3) is 2.02. The molecular weight excluding hydrogens is 174 g/mol. The lowest BCUT2D eigenvalue weighted by molar-refractivity contribution is -0.118. The second-order valence-corrected chi connectivity index (χ2v) is 3.98. The molecule has 2 atom stereocenters. The van der Waals surface area contributed by atoms with Crippen molar-refractivity contribution in [2.24, 2.45) is 0 Å². The second kappa shape index (κ2) is 3.93. The number of benzene rings is 1. The van der Waals surface area contributed by atoms with Crippen LogP contribution in [-0.4, -0.2) is 17.9 Å². The molecule has 0 aromatic heterocycles. The van der Waals surface area contributed by atoms with Crippen molar-refractivity contribution in [2.75, 3.05) is 0 Å². The maximum Gasteiger partial charge on any atom is 0.151 e. The lowest BCUT2D eigenvalue weighted by atomic mass is 10.0. The van der Waals surface area contributed by atoms with Gasteiger partial charge in [-0.2, -0.15) is 0 Å². The van der Waals surface area contributed by atoms with Gasteiger partial charge in [0.25, 0.3) is 0 Å². The van der Waals surface area contributed by atoms with Crippen LogP contribution in [0.5, 0.6) is 0 Å². The first-order chi connectivity index (χ1) is 6.75. The summed E-state index contributed by atoms with van der Waals surface area (Å²) in [4.78, 5) is 11.5. The first-order valence-electron chi connectivity index (χ1n) is 5.08. The Morgan fingerprint density at radius 1 is 1.36 bits per heavy atom. The van der Waals surface area contributed by atoms with Crippen LogP contribution in [0.1, 0.15) is 18.9 Å². The highest BCUT2D eigenvalue weighted by atomic mass is 16.1. The molecule has 1 aromatic rings. The molecule has 1 aromatic carbocycles. The summed E-state index contributed by atoms with van der Waals surface area (Å²) in [6.45, 7) is 2.06. The van der Waals surface area contributed by atoms with Gasteiger partial charge < -0.3 is 5.32 Å². The van der Waals surface area contributed by atoms with E-state index in [-0.39, 0.29) is 6.04 Å². The van der Waals surface area contributed by atoms with E-state index < -0.39 is 0 Å². The largest absolute Gasteiger partial charge is 0.304 e. The molecule has 74 valence electrons. The molecule has 2 rings (SSSR count). The van der Waals surface area contributed by atoms with E-state index in [1.165, 1.54) is 5.56 Å². The van der Waals surface area contributed by atoms with Gasteiger partial charge in [0.1, 0.15) is 0 Å². The lowest BCUT2D eigenvalue weighted by Crippen LogP contribution is -2.32. The molecule has 2 nitrogen and oxygen atoms in total. The summed E-state index contributed by atoms with van der Waals surface area (Å²) >= 11 is 0. The van der Waals surface area contributed by atoms with E-state index in [1.54, 1.807) is 0 Å². The van der Waals surface area contributed by atoms with Crippen molar-refractivity contribution in [1.82, 2.24) is 5.32 Å². The Bertz CT molecular complexity index is 320. The number of carbonyl (C=O) groups is 1. The Morgan fingerprint density at radius 2 is 2.07 bits per heavy atom. The number of nitrogens with one attached hydrogen (secondary N) is 1. The van der Waals surface area contributed by atoms with E-state index in [4.69, 9.17) is 0 Å². The predicted octanol–water partition coefficient (Wildman–Crippen LogP) is 1.55. The molecule has 0 radical (unpaired) electrons. The predicted molar refractivity (Wildman–Crippen MR) is 56.2 cm³/mol. The van der Waals surface area contributed by atoms with Crippen LogP contribution in [0.3, 0.4) is 0 Å². The molecule has 1 saturated heterocycles. The minimum absolute atomic E-state index is 0.0346. The summed E-state index contributed by atoms with van der Waals surface area (Å²) in [5, 5.41) is 3.30. The van der Waals surface area contributed by atoms with Crippen molar-refractivity contribution in [3.8, 4) is 0 Å². The van der Waals surface area contributed by atoms with Crippen molar-refractivity contribution >= 4 is 5.78 Å². The third-order valence-corrected chi connectivity index (χ3v) is 2.66. The van der Waals surface area contributed by atoms with Crippen LogP contribution in [0.25, 0.3) is 0 Å². The summed E-state index contributed by atoms with van der Waals surface area (Å²) in [6.07, 6.45) is 1.50. The molecule has 1 aliphatic heterocycles. The van der Waals surface area contributed by atoms with Gasteiger partial charge >= 0.3 is 0 Å². The summed E-state index contributed by atoms with van der Waals surface area (Å²) in [7, 11) is 0. The molecule has 1 N–H and O–H groups in total. The molecular formula is C12H15NO. The molecule has 14 heavy (non-hydrogen) atoms. The maximum atomic E-state index is 11.5. The van der Waals surface area contributed by atoms with E-state index in [1.807, 2.05) is 18.2 Å². The van der Waals surface area contributed by atoms with Crippen molar-refractivity contribution < 1.29 is 4.79 Å². The van der Waals surface area contributed by atoms with E-state index in [0.717, 1.165) is 6.42 Å². The smallest absolute Gasteiger partial charge is 0.151 e. The fraction of sp³-hybridized carbons (Fsp3) is 0.417. The normalized spacial score (nSPS) is 26.8. The van der Waals surface area contributed by atoms with Gasteiger partial charge in [0.05, 0.1) is 6.04 Å².